The molecule has 0 unspecified atom stereocenters. The molecule has 2 atom stereocenters. The Hall–Kier alpha value is -2.15. The number of aliphatic hydroxyl groups excluding tert-OH is 1. The van der Waals surface area contributed by atoms with Gasteiger partial charge in [0.15, 0.2) is 0 Å². The van der Waals surface area contributed by atoms with E-state index in [1.54, 1.807) is 0 Å². The molecule has 0 radical (unpaired) electrons. The van der Waals surface area contributed by atoms with Crippen LogP contribution in [0.4, 0.5) is 0 Å². The lowest BCUT2D eigenvalue weighted by atomic mass is 10.0. The van der Waals surface area contributed by atoms with Crippen LogP contribution >= 0.6 is 0 Å². The molecule has 1 aliphatic rings. The highest BCUT2D eigenvalue weighted by atomic mass is 16.3. The number of aliphatic hydroxyl groups is 1. The quantitative estimate of drug-likeness (QED) is 0.712. The van der Waals surface area contributed by atoms with E-state index in [0.717, 1.165) is 49.2 Å². The highest BCUT2D eigenvalue weighted by Gasteiger charge is 2.30. The molecule has 0 aromatic carbocycles. The third-order valence-electron chi connectivity index (χ3n) is 4.78. The molecule has 2 aromatic rings. The number of amides is 1. The molecule has 1 saturated carbocycles. The van der Waals surface area contributed by atoms with E-state index in [0.29, 0.717) is 12.3 Å². The van der Waals surface area contributed by atoms with Gasteiger partial charge in [0.2, 0.25) is 0 Å². The molecule has 130 valence electrons. The Morgan fingerprint density at radius 1 is 1.50 bits per heavy atom. The van der Waals surface area contributed by atoms with Crippen molar-refractivity contribution >= 4 is 5.91 Å². The summed E-state index contributed by atoms with van der Waals surface area (Å²) in [7, 11) is 0. The Balaban J connectivity index is 1.61. The van der Waals surface area contributed by atoms with E-state index in [-0.39, 0.29) is 18.6 Å². The maximum Gasteiger partial charge on any atom is 0.253 e. The molecule has 3 N–H and O–H groups in total. The molecule has 7 nitrogen and oxygen atoms in total. The summed E-state index contributed by atoms with van der Waals surface area (Å²) in [6.45, 7) is 2.87. The number of aryl methyl sites for hydroxylation is 1. The van der Waals surface area contributed by atoms with Gasteiger partial charge in [0.25, 0.3) is 5.91 Å². The second-order valence-electron chi connectivity index (χ2n) is 6.40. The third kappa shape index (κ3) is 3.67. The number of rotatable bonds is 7. The van der Waals surface area contributed by atoms with Crippen molar-refractivity contribution in [3.63, 3.8) is 0 Å². The Labute approximate surface area is 141 Å². The normalized spacial score (nSPS) is 20.4. The molecule has 1 amide bonds. The number of aromatic nitrogens is 4. The molecule has 1 fully saturated rings. The van der Waals surface area contributed by atoms with Gasteiger partial charge in [-0.15, -0.1) is 5.10 Å². The summed E-state index contributed by atoms with van der Waals surface area (Å²) >= 11 is 0. The fraction of sp³-hybridized carbons (Fsp3) is 0.588. The van der Waals surface area contributed by atoms with Gasteiger partial charge >= 0.3 is 0 Å². The van der Waals surface area contributed by atoms with Gasteiger partial charge in [0.1, 0.15) is 0 Å². The number of hydrogen-bond donors (Lipinski definition) is 3. The molecule has 0 spiro atoms. The van der Waals surface area contributed by atoms with Gasteiger partial charge in [-0.1, -0.05) is 18.6 Å². The first-order valence-corrected chi connectivity index (χ1v) is 8.68. The summed E-state index contributed by atoms with van der Waals surface area (Å²) in [6, 6.07) is 2.01. The van der Waals surface area contributed by atoms with Crippen molar-refractivity contribution in [2.75, 3.05) is 6.61 Å². The van der Waals surface area contributed by atoms with Crippen molar-refractivity contribution in [1.82, 2.24) is 25.3 Å². The van der Waals surface area contributed by atoms with E-state index in [4.69, 9.17) is 5.11 Å². The van der Waals surface area contributed by atoms with Crippen molar-refractivity contribution in [3.05, 3.63) is 35.4 Å². The summed E-state index contributed by atoms with van der Waals surface area (Å²) < 4.78 is 1.83. The average molecular weight is 331 g/mol. The van der Waals surface area contributed by atoms with Crippen LogP contribution < -0.4 is 5.32 Å². The van der Waals surface area contributed by atoms with Gasteiger partial charge in [-0.05, 0) is 31.2 Å². The summed E-state index contributed by atoms with van der Waals surface area (Å²) in [6.07, 6.45) is 8.23. The third-order valence-corrected chi connectivity index (χ3v) is 4.78. The molecule has 0 saturated heterocycles. The SMILES string of the molecule is CCc1[nH]ccc1C(=O)N[C@@H]1CCC[C@@H]1Cn1cc(CCO)nn1. The van der Waals surface area contributed by atoms with Crippen LogP contribution in [-0.4, -0.2) is 43.6 Å². The molecule has 2 aromatic heterocycles. The Bertz CT molecular complexity index is 678. The number of carbonyl (C=O) groups is 1. The monoisotopic (exact) mass is 331 g/mol. The predicted octanol–water partition coefficient (Wildman–Crippen LogP) is 1.30. The van der Waals surface area contributed by atoms with Gasteiger partial charge in [0, 0.05) is 43.7 Å². The predicted molar refractivity (Wildman–Crippen MR) is 89.6 cm³/mol. The molecule has 7 heteroatoms. The second kappa shape index (κ2) is 7.61. The molecule has 2 heterocycles. The number of nitrogens with one attached hydrogen (secondary N) is 2. The van der Waals surface area contributed by atoms with Crippen molar-refractivity contribution in [2.24, 2.45) is 5.92 Å². The number of carbonyl (C=O) groups excluding carboxylic acids is 1. The average Bonchev–Trinajstić information content (AvgIpc) is 3.30. The fourth-order valence-corrected chi connectivity index (χ4v) is 3.50. The van der Waals surface area contributed by atoms with Gasteiger partial charge < -0.3 is 15.4 Å². The highest BCUT2D eigenvalue weighted by molar-refractivity contribution is 5.95. The van der Waals surface area contributed by atoms with E-state index >= 15 is 0 Å². The van der Waals surface area contributed by atoms with Crippen molar-refractivity contribution in [1.29, 1.82) is 0 Å². The zero-order valence-electron chi connectivity index (χ0n) is 14.0. The van der Waals surface area contributed by atoms with Gasteiger partial charge in [-0.25, -0.2) is 0 Å². The minimum absolute atomic E-state index is 0.00422. The summed E-state index contributed by atoms with van der Waals surface area (Å²) in [5.74, 6) is 0.367. The van der Waals surface area contributed by atoms with E-state index in [2.05, 4.69) is 20.6 Å². The molecular formula is C17H25N5O2. The summed E-state index contributed by atoms with van der Waals surface area (Å²) in [5, 5.41) is 20.3. The first kappa shape index (κ1) is 16.7. The number of hydrogen-bond acceptors (Lipinski definition) is 4. The maximum atomic E-state index is 12.5. The summed E-state index contributed by atoms with van der Waals surface area (Å²) in [5.41, 5.74) is 2.53. The Kier molecular flexibility index (Phi) is 5.30. The van der Waals surface area contributed by atoms with Crippen LogP contribution in [0, 0.1) is 5.92 Å². The Morgan fingerprint density at radius 2 is 2.38 bits per heavy atom. The zero-order chi connectivity index (χ0) is 16.9. The first-order valence-electron chi connectivity index (χ1n) is 8.68. The smallest absolute Gasteiger partial charge is 0.253 e. The molecule has 0 bridgehead atoms. The van der Waals surface area contributed by atoms with Crippen LogP contribution in [-0.2, 0) is 19.4 Å². The summed E-state index contributed by atoms with van der Waals surface area (Å²) in [4.78, 5) is 15.7. The van der Waals surface area contributed by atoms with Crippen molar-refractivity contribution < 1.29 is 9.90 Å². The van der Waals surface area contributed by atoms with E-state index < -0.39 is 0 Å². The molecule has 24 heavy (non-hydrogen) atoms. The lowest BCUT2D eigenvalue weighted by Gasteiger charge is -2.21. The topological polar surface area (TPSA) is 95.8 Å². The van der Waals surface area contributed by atoms with Gasteiger partial charge in [-0.2, -0.15) is 0 Å². The van der Waals surface area contributed by atoms with E-state index in [9.17, 15) is 4.79 Å². The van der Waals surface area contributed by atoms with Crippen LogP contribution in [0.2, 0.25) is 0 Å². The van der Waals surface area contributed by atoms with E-state index in [1.165, 1.54) is 0 Å². The largest absolute Gasteiger partial charge is 0.396 e. The minimum Gasteiger partial charge on any atom is -0.396 e. The molecular weight excluding hydrogens is 306 g/mol. The lowest BCUT2D eigenvalue weighted by molar-refractivity contribution is 0.0924. The van der Waals surface area contributed by atoms with Gasteiger partial charge in [-0.3, -0.25) is 9.48 Å². The Morgan fingerprint density at radius 3 is 3.17 bits per heavy atom. The first-order chi connectivity index (χ1) is 11.7. The van der Waals surface area contributed by atoms with Crippen LogP contribution in [0.15, 0.2) is 18.5 Å². The van der Waals surface area contributed by atoms with Crippen molar-refractivity contribution in [3.8, 4) is 0 Å². The van der Waals surface area contributed by atoms with Crippen LogP contribution in [0.5, 0.6) is 0 Å². The molecule has 1 aliphatic carbocycles. The lowest BCUT2D eigenvalue weighted by Crippen LogP contribution is -2.39. The van der Waals surface area contributed by atoms with Crippen LogP contribution in [0.25, 0.3) is 0 Å². The minimum atomic E-state index is 0.00422. The number of nitrogens with zero attached hydrogens (tertiary/aromatic N) is 3. The number of H-pyrrole nitrogens is 1. The fourth-order valence-electron chi connectivity index (χ4n) is 3.50. The highest BCUT2D eigenvalue weighted by Crippen LogP contribution is 2.27. The van der Waals surface area contributed by atoms with Gasteiger partial charge in [0.05, 0.1) is 11.3 Å². The van der Waals surface area contributed by atoms with Crippen LogP contribution in [0.1, 0.15) is 47.9 Å². The standard InChI is InChI=1S/C17H25N5O2/c1-2-15-14(6-8-18-15)17(24)19-16-5-3-4-12(16)10-22-11-13(7-9-23)20-21-22/h6,8,11-12,16,18,23H,2-5,7,9-10H2,1H3,(H,19,24)/t12-,16-/m1/s1. The van der Waals surface area contributed by atoms with Crippen LogP contribution in [0.3, 0.4) is 0 Å². The van der Waals surface area contributed by atoms with Crippen molar-refractivity contribution in [2.45, 2.75) is 51.6 Å². The molecule has 0 aliphatic heterocycles. The number of aromatic amines is 1. The maximum absolute atomic E-state index is 12.5. The molecule has 3 rings (SSSR count). The second-order valence-corrected chi connectivity index (χ2v) is 6.40. The zero-order valence-corrected chi connectivity index (χ0v) is 14.0. The van der Waals surface area contributed by atoms with E-state index in [1.807, 2.05) is 30.1 Å².